The number of nitrogens with two attached hydrogens (primary N) is 1. The maximum absolute atomic E-state index is 12.2. The van der Waals surface area contributed by atoms with E-state index in [2.05, 4.69) is 22.2 Å². The molecule has 1 atom stereocenters. The average molecular weight is 248 g/mol. The lowest BCUT2D eigenvalue weighted by Gasteiger charge is -2.30. The van der Waals surface area contributed by atoms with Crippen LogP contribution < -0.4 is 11.1 Å². The van der Waals surface area contributed by atoms with Crippen molar-refractivity contribution < 1.29 is 4.79 Å². The second kappa shape index (κ2) is 5.35. The summed E-state index contributed by atoms with van der Waals surface area (Å²) in [5.41, 5.74) is 7.48. The van der Waals surface area contributed by atoms with Gasteiger partial charge in [-0.05, 0) is 39.4 Å². The van der Waals surface area contributed by atoms with Crippen molar-refractivity contribution in [3.8, 4) is 0 Å². The first-order valence-electron chi connectivity index (χ1n) is 6.28. The maximum atomic E-state index is 12.2. The normalized spacial score (nSPS) is 20.7. The number of pyridine rings is 1. The summed E-state index contributed by atoms with van der Waals surface area (Å²) in [6, 6.07) is 1.90. The highest BCUT2D eigenvalue weighted by Gasteiger charge is 2.20. The molecule has 18 heavy (non-hydrogen) atoms. The van der Waals surface area contributed by atoms with Crippen molar-refractivity contribution in [2.24, 2.45) is 0 Å². The number of aryl methyl sites for hydroxylation is 1. The Labute approximate surface area is 107 Å². The molecule has 0 radical (unpaired) electrons. The second-order valence-electron chi connectivity index (χ2n) is 4.98. The predicted octanol–water partition coefficient (Wildman–Crippen LogP) is 0.796. The summed E-state index contributed by atoms with van der Waals surface area (Å²) in [7, 11) is 2.08. The van der Waals surface area contributed by atoms with Crippen molar-refractivity contribution in [3.63, 3.8) is 0 Å². The Bertz CT molecular complexity index is 447. The Balaban J connectivity index is 2.05. The van der Waals surface area contributed by atoms with Crippen molar-refractivity contribution >= 4 is 11.6 Å². The first-order chi connectivity index (χ1) is 8.56. The fourth-order valence-electron chi connectivity index (χ4n) is 2.33. The van der Waals surface area contributed by atoms with Gasteiger partial charge in [0.2, 0.25) is 0 Å². The summed E-state index contributed by atoms with van der Waals surface area (Å²) in [4.78, 5) is 18.5. The highest BCUT2D eigenvalue weighted by Crippen LogP contribution is 2.12. The van der Waals surface area contributed by atoms with Gasteiger partial charge < -0.3 is 16.0 Å². The van der Waals surface area contributed by atoms with E-state index in [4.69, 9.17) is 5.73 Å². The van der Waals surface area contributed by atoms with Gasteiger partial charge in [0, 0.05) is 12.6 Å². The summed E-state index contributed by atoms with van der Waals surface area (Å²) in [5.74, 6) is -0.0763. The molecule has 0 spiro atoms. The molecule has 2 rings (SSSR count). The van der Waals surface area contributed by atoms with Gasteiger partial charge in [-0.1, -0.05) is 0 Å². The van der Waals surface area contributed by atoms with Crippen LogP contribution in [0.1, 0.15) is 28.9 Å². The number of piperidine rings is 1. The van der Waals surface area contributed by atoms with Gasteiger partial charge in [0.05, 0.1) is 23.1 Å². The molecule has 0 aromatic carbocycles. The number of carbonyl (C=O) groups is 1. The number of likely N-dealkylation sites (tertiary alicyclic amines) is 1. The Kier molecular flexibility index (Phi) is 3.81. The zero-order valence-electron chi connectivity index (χ0n) is 10.9. The zero-order chi connectivity index (χ0) is 13.1. The van der Waals surface area contributed by atoms with Crippen LogP contribution in [0.5, 0.6) is 0 Å². The summed E-state index contributed by atoms with van der Waals surface area (Å²) in [5, 5.41) is 3.06. The van der Waals surface area contributed by atoms with Crippen molar-refractivity contribution in [1.82, 2.24) is 15.2 Å². The number of amides is 1. The average Bonchev–Trinajstić information content (AvgIpc) is 2.32. The van der Waals surface area contributed by atoms with E-state index in [-0.39, 0.29) is 11.9 Å². The highest BCUT2D eigenvalue weighted by molar-refractivity contribution is 5.96. The van der Waals surface area contributed by atoms with Crippen LogP contribution in [0.3, 0.4) is 0 Å². The van der Waals surface area contributed by atoms with E-state index >= 15 is 0 Å². The molecule has 5 nitrogen and oxygen atoms in total. The quantitative estimate of drug-likeness (QED) is 0.812. The molecular weight excluding hydrogens is 228 g/mol. The monoisotopic (exact) mass is 248 g/mol. The van der Waals surface area contributed by atoms with Gasteiger partial charge >= 0.3 is 0 Å². The minimum Gasteiger partial charge on any atom is -0.397 e. The third-order valence-electron chi connectivity index (χ3n) is 3.31. The number of nitrogen functional groups attached to an aromatic ring is 1. The van der Waals surface area contributed by atoms with E-state index in [1.807, 2.05) is 6.92 Å². The van der Waals surface area contributed by atoms with Crippen LogP contribution in [0.15, 0.2) is 12.3 Å². The maximum Gasteiger partial charge on any atom is 0.253 e. The lowest BCUT2D eigenvalue weighted by molar-refractivity contribution is 0.0911. The van der Waals surface area contributed by atoms with E-state index in [1.165, 1.54) is 0 Å². The number of anilines is 1. The molecule has 1 aromatic rings. The molecule has 0 bridgehead atoms. The number of nitrogens with zero attached hydrogens (tertiary/aromatic N) is 2. The van der Waals surface area contributed by atoms with Crippen LogP contribution in [0.25, 0.3) is 0 Å². The third-order valence-corrected chi connectivity index (χ3v) is 3.31. The summed E-state index contributed by atoms with van der Waals surface area (Å²) in [6.45, 7) is 3.83. The topological polar surface area (TPSA) is 71.2 Å². The SMILES string of the molecule is Cc1ncc(N)cc1C(=O)NC1CCCN(C)C1. The van der Waals surface area contributed by atoms with Gasteiger partial charge in [0.1, 0.15) is 0 Å². The van der Waals surface area contributed by atoms with Crippen LogP contribution >= 0.6 is 0 Å². The standard InChI is InChI=1S/C13H20N4O/c1-9-12(6-10(14)7-15-9)13(18)16-11-4-3-5-17(2)8-11/h6-7,11H,3-5,8,14H2,1-2H3,(H,16,18). The zero-order valence-corrected chi connectivity index (χ0v) is 10.9. The molecule has 2 heterocycles. The highest BCUT2D eigenvalue weighted by atomic mass is 16.1. The number of aromatic nitrogens is 1. The fraction of sp³-hybridized carbons (Fsp3) is 0.538. The van der Waals surface area contributed by atoms with Crippen LogP contribution in [0.2, 0.25) is 0 Å². The molecule has 0 saturated carbocycles. The van der Waals surface area contributed by atoms with Crippen LogP contribution in [-0.2, 0) is 0 Å². The van der Waals surface area contributed by atoms with Gasteiger partial charge in [-0.15, -0.1) is 0 Å². The van der Waals surface area contributed by atoms with Gasteiger partial charge in [-0.2, -0.15) is 0 Å². The first kappa shape index (κ1) is 12.8. The Morgan fingerprint density at radius 3 is 3.11 bits per heavy atom. The Morgan fingerprint density at radius 1 is 1.61 bits per heavy atom. The van der Waals surface area contributed by atoms with Crippen LogP contribution in [0, 0.1) is 6.92 Å². The minimum atomic E-state index is -0.0763. The number of carbonyl (C=O) groups excluding carboxylic acids is 1. The number of hydrogen-bond donors (Lipinski definition) is 2. The molecule has 1 aromatic heterocycles. The van der Waals surface area contributed by atoms with Gasteiger partial charge in [0.15, 0.2) is 0 Å². The Hall–Kier alpha value is -1.62. The predicted molar refractivity (Wildman–Crippen MR) is 71.4 cm³/mol. The van der Waals surface area contributed by atoms with Gasteiger partial charge in [-0.25, -0.2) is 0 Å². The molecular formula is C13H20N4O. The number of nitrogens with one attached hydrogen (secondary N) is 1. The van der Waals surface area contributed by atoms with Gasteiger partial charge in [-0.3, -0.25) is 9.78 Å². The summed E-state index contributed by atoms with van der Waals surface area (Å²) < 4.78 is 0. The van der Waals surface area contributed by atoms with E-state index in [0.717, 1.165) is 25.9 Å². The smallest absolute Gasteiger partial charge is 0.253 e. The van der Waals surface area contributed by atoms with Crippen molar-refractivity contribution in [2.75, 3.05) is 25.9 Å². The van der Waals surface area contributed by atoms with E-state index in [0.29, 0.717) is 16.9 Å². The molecule has 0 aliphatic carbocycles. The lowest BCUT2D eigenvalue weighted by Crippen LogP contribution is -2.46. The number of rotatable bonds is 2. The van der Waals surface area contributed by atoms with Crippen molar-refractivity contribution in [3.05, 3.63) is 23.5 Å². The number of hydrogen-bond acceptors (Lipinski definition) is 4. The van der Waals surface area contributed by atoms with Crippen LogP contribution in [-0.4, -0.2) is 42.0 Å². The van der Waals surface area contributed by atoms with E-state index in [1.54, 1.807) is 12.3 Å². The molecule has 1 unspecified atom stereocenters. The second-order valence-corrected chi connectivity index (χ2v) is 4.98. The number of likely N-dealkylation sites (N-methyl/N-ethyl adjacent to an activating group) is 1. The molecule has 3 N–H and O–H groups in total. The minimum absolute atomic E-state index is 0.0763. The lowest BCUT2D eigenvalue weighted by atomic mass is 10.1. The first-order valence-corrected chi connectivity index (χ1v) is 6.28. The van der Waals surface area contributed by atoms with E-state index < -0.39 is 0 Å². The molecule has 1 aliphatic heterocycles. The summed E-state index contributed by atoms with van der Waals surface area (Å²) >= 11 is 0. The van der Waals surface area contributed by atoms with Crippen molar-refractivity contribution in [1.29, 1.82) is 0 Å². The fourth-order valence-corrected chi connectivity index (χ4v) is 2.33. The Morgan fingerprint density at radius 2 is 2.39 bits per heavy atom. The van der Waals surface area contributed by atoms with Crippen molar-refractivity contribution in [2.45, 2.75) is 25.8 Å². The largest absolute Gasteiger partial charge is 0.397 e. The van der Waals surface area contributed by atoms with Gasteiger partial charge in [0.25, 0.3) is 5.91 Å². The third kappa shape index (κ3) is 2.98. The molecule has 1 amide bonds. The molecule has 1 fully saturated rings. The molecule has 98 valence electrons. The molecule has 1 aliphatic rings. The molecule has 5 heteroatoms. The van der Waals surface area contributed by atoms with Crippen LogP contribution in [0.4, 0.5) is 5.69 Å². The molecule has 1 saturated heterocycles. The van der Waals surface area contributed by atoms with E-state index in [9.17, 15) is 4.79 Å². The summed E-state index contributed by atoms with van der Waals surface area (Å²) in [6.07, 6.45) is 3.72.